The van der Waals surface area contributed by atoms with Gasteiger partial charge in [-0.1, -0.05) is 24.3 Å². The van der Waals surface area contributed by atoms with E-state index in [-0.39, 0.29) is 10.9 Å². The molecular weight excluding hydrogens is 234 g/mol. The van der Waals surface area contributed by atoms with Crippen molar-refractivity contribution in [3.63, 3.8) is 0 Å². The summed E-state index contributed by atoms with van der Waals surface area (Å²) in [5, 5.41) is 0. The Labute approximate surface area is 101 Å². The minimum atomic E-state index is -0.495. The third-order valence-corrected chi connectivity index (χ3v) is 7.01. The van der Waals surface area contributed by atoms with E-state index in [2.05, 4.69) is 42.7 Å². The number of fused-ring (bicyclic) bond motifs is 2. The Kier molecular flexibility index (Phi) is 2.37. The molecule has 0 atom stereocenters. The summed E-state index contributed by atoms with van der Waals surface area (Å²) in [4.78, 5) is 5.20. The van der Waals surface area contributed by atoms with E-state index in [1.165, 1.54) is 19.6 Å². The molecule has 1 heterocycles. The van der Waals surface area contributed by atoms with Crippen LogP contribution >= 0.6 is 10.9 Å². The lowest BCUT2D eigenvalue weighted by Gasteiger charge is -2.29. The Morgan fingerprint density at radius 1 is 0.875 bits per heavy atom. The summed E-state index contributed by atoms with van der Waals surface area (Å²) < 4.78 is 8.36. The molecule has 2 aromatic carbocycles. The van der Waals surface area contributed by atoms with E-state index in [9.17, 15) is 0 Å². The van der Waals surface area contributed by atoms with Crippen LogP contribution in [0.1, 0.15) is 0 Å². The minimum absolute atomic E-state index is 0.263. The molecule has 1 aliphatic heterocycles. The van der Waals surface area contributed by atoms with Gasteiger partial charge in [0.1, 0.15) is 0 Å². The molecule has 0 aliphatic carbocycles. The van der Waals surface area contributed by atoms with Gasteiger partial charge in [-0.05, 0) is 41.2 Å². The van der Waals surface area contributed by atoms with Gasteiger partial charge in [0.05, 0.1) is 0 Å². The molecule has 82 valence electrons. The van der Waals surface area contributed by atoms with Crippen LogP contribution in [0.5, 0.6) is 0 Å². The van der Waals surface area contributed by atoms with Crippen LogP contribution in [0.25, 0.3) is 0 Å². The van der Waals surface area contributed by atoms with Crippen LogP contribution in [0.2, 0.25) is 0 Å². The average molecular weight is 247 g/mol. The predicted molar refractivity (Wildman–Crippen MR) is 70.9 cm³/mol. The largest absolute Gasteiger partial charge is 0.271 e. The first kappa shape index (κ1) is 10.1. The van der Waals surface area contributed by atoms with E-state index in [1.807, 2.05) is 12.1 Å². The molecule has 3 heteroatoms. The molecular formula is C13H13NS2. The van der Waals surface area contributed by atoms with Gasteiger partial charge in [-0.3, -0.25) is 4.78 Å². The van der Waals surface area contributed by atoms with Crippen molar-refractivity contribution in [2.45, 2.75) is 19.6 Å². The zero-order chi connectivity index (χ0) is 11.1. The van der Waals surface area contributed by atoms with Crippen molar-refractivity contribution in [3.8, 4) is 0 Å². The Bertz CT molecular complexity index is 528. The predicted octanol–water partition coefficient (Wildman–Crippen LogP) is 3.85. The van der Waals surface area contributed by atoms with Gasteiger partial charge in [-0.2, -0.15) is 0 Å². The number of thiol groups is 1. The van der Waals surface area contributed by atoms with Crippen molar-refractivity contribution in [1.29, 1.82) is 4.78 Å². The van der Waals surface area contributed by atoms with Crippen molar-refractivity contribution in [3.05, 3.63) is 48.5 Å². The molecule has 0 saturated carbocycles. The van der Waals surface area contributed by atoms with Gasteiger partial charge in [0.2, 0.25) is 0 Å². The molecule has 0 radical (unpaired) electrons. The molecule has 1 aliphatic rings. The van der Waals surface area contributed by atoms with E-state index >= 15 is 0 Å². The fourth-order valence-electron chi connectivity index (χ4n) is 2.06. The van der Waals surface area contributed by atoms with Crippen LogP contribution in [0.4, 0.5) is 0 Å². The molecule has 3 rings (SSSR count). The molecule has 2 aromatic rings. The first-order valence-electron chi connectivity index (χ1n) is 5.16. The number of hydrogen-bond donors (Lipinski definition) is 2. The van der Waals surface area contributed by atoms with Crippen LogP contribution in [0.3, 0.4) is 0 Å². The third-order valence-electron chi connectivity index (χ3n) is 2.89. The summed E-state index contributed by atoms with van der Waals surface area (Å²) in [6, 6.07) is 16.9. The van der Waals surface area contributed by atoms with Crippen molar-refractivity contribution >= 4 is 21.6 Å². The number of hydrogen-bond acceptors (Lipinski definition) is 1. The first-order valence-corrected chi connectivity index (χ1v) is 8.18. The molecule has 0 bridgehead atoms. The molecule has 0 fully saturated rings. The zero-order valence-corrected chi connectivity index (χ0v) is 10.7. The first-order chi connectivity index (χ1) is 7.79. The maximum atomic E-state index is 8.36. The van der Waals surface area contributed by atoms with Gasteiger partial charge in [-0.15, -0.1) is 0 Å². The van der Waals surface area contributed by atoms with E-state index in [1.54, 1.807) is 0 Å². The number of rotatable bonds is 0. The van der Waals surface area contributed by atoms with E-state index in [0.717, 1.165) is 0 Å². The maximum Gasteiger partial charge on any atom is 0.0351 e. The standard InChI is InChI=1S/C13H13NS2/c1-15-10-6-2-4-8-12(10)16(14)13-9-5-3-7-11(13)15/h2-9,14-15H,1H3. The lowest BCUT2D eigenvalue weighted by Crippen LogP contribution is -2.04. The molecule has 0 aromatic heterocycles. The molecule has 0 spiro atoms. The fourth-order valence-corrected chi connectivity index (χ4v) is 6.34. The van der Waals surface area contributed by atoms with Crippen LogP contribution in [-0.4, -0.2) is 6.26 Å². The molecule has 1 nitrogen and oxygen atoms in total. The number of nitrogens with one attached hydrogen (secondary N) is 1. The summed E-state index contributed by atoms with van der Waals surface area (Å²) in [5.41, 5.74) is 0. The van der Waals surface area contributed by atoms with Crippen molar-refractivity contribution < 1.29 is 0 Å². The van der Waals surface area contributed by atoms with Gasteiger partial charge in [0, 0.05) is 19.6 Å². The van der Waals surface area contributed by atoms with E-state index < -0.39 is 10.7 Å². The summed E-state index contributed by atoms with van der Waals surface area (Å²) >= 11 is 0. The van der Waals surface area contributed by atoms with Gasteiger partial charge >= 0.3 is 0 Å². The molecule has 0 unspecified atom stereocenters. The van der Waals surface area contributed by atoms with E-state index in [4.69, 9.17) is 4.78 Å². The lowest BCUT2D eigenvalue weighted by molar-refractivity contribution is 1.12. The minimum Gasteiger partial charge on any atom is -0.271 e. The Balaban J connectivity index is 2.30. The maximum absolute atomic E-state index is 8.36. The molecule has 1 N–H and O–H groups in total. The van der Waals surface area contributed by atoms with Crippen molar-refractivity contribution in [2.75, 3.05) is 6.26 Å². The lowest BCUT2D eigenvalue weighted by atomic mass is 10.3. The topological polar surface area (TPSA) is 23.9 Å². The van der Waals surface area contributed by atoms with Crippen molar-refractivity contribution in [1.82, 2.24) is 0 Å². The van der Waals surface area contributed by atoms with Crippen LogP contribution in [0, 0.1) is 4.78 Å². The normalized spacial score (nSPS) is 24.6. The quantitative estimate of drug-likeness (QED) is 0.661. The summed E-state index contributed by atoms with van der Waals surface area (Å²) in [6.07, 6.45) is 2.30. The van der Waals surface area contributed by atoms with E-state index in [0.29, 0.717) is 0 Å². The Hall–Kier alpha value is -1.06. The third kappa shape index (κ3) is 1.35. The van der Waals surface area contributed by atoms with Crippen LogP contribution < -0.4 is 0 Å². The van der Waals surface area contributed by atoms with Gasteiger partial charge in [0.15, 0.2) is 0 Å². The zero-order valence-electron chi connectivity index (χ0n) is 8.97. The smallest absolute Gasteiger partial charge is 0.0351 e. The summed E-state index contributed by atoms with van der Waals surface area (Å²) in [5.74, 6) is 0. The monoisotopic (exact) mass is 247 g/mol. The second-order valence-electron chi connectivity index (χ2n) is 3.80. The number of benzene rings is 2. The van der Waals surface area contributed by atoms with Gasteiger partial charge < -0.3 is 0 Å². The SMILES string of the molecule is C[SH]1c2ccccc2S(=N)c2ccccc21. The van der Waals surface area contributed by atoms with Gasteiger partial charge in [0.25, 0.3) is 0 Å². The second kappa shape index (κ2) is 3.75. The van der Waals surface area contributed by atoms with Crippen LogP contribution in [-0.2, 0) is 10.7 Å². The average Bonchev–Trinajstić information content (AvgIpc) is 2.36. The molecule has 16 heavy (non-hydrogen) atoms. The summed E-state index contributed by atoms with van der Waals surface area (Å²) in [6.45, 7) is 0. The summed E-state index contributed by atoms with van der Waals surface area (Å²) in [7, 11) is -0.758. The highest BCUT2D eigenvalue weighted by Crippen LogP contribution is 2.51. The Morgan fingerprint density at radius 3 is 1.81 bits per heavy atom. The highest BCUT2D eigenvalue weighted by molar-refractivity contribution is 8.17. The molecule has 0 amide bonds. The second-order valence-corrected chi connectivity index (χ2v) is 7.37. The fraction of sp³-hybridized carbons (Fsp3) is 0.0769. The van der Waals surface area contributed by atoms with Crippen molar-refractivity contribution in [2.24, 2.45) is 0 Å². The molecule has 0 saturated heterocycles. The van der Waals surface area contributed by atoms with Crippen LogP contribution in [0.15, 0.2) is 68.1 Å². The Morgan fingerprint density at radius 2 is 1.31 bits per heavy atom. The highest BCUT2D eigenvalue weighted by Gasteiger charge is 2.22. The highest BCUT2D eigenvalue weighted by atomic mass is 32.2. The van der Waals surface area contributed by atoms with Gasteiger partial charge in [-0.25, -0.2) is 10.9 Å².